The van der Waals surface area contributed by atoms with Crippen molar-refractivity contribution >= 4 is 71.7 Å². The molecule has 3 heteroatoms. The lowest BCUT2D eigenvalue weighted by Gasteiger charge is -2.26. The van der Waals surface area contributed by atoms with Gasteiger partial charge in [-0.2, -0.15) is 0 Å². The molecule has 2 heterocycles. The van der Waals surface area contributed by atoms with Crippen LogP contribution in [-0.4, -0.2) is 0 Å². The number of benzene rings is 9. The molecule has 2 aromatic heterocycles. The zero-order chi connectivity index (χ0) is 36.3. The van der Waals surface area contributed by atoms with Gasteiger partial charge in [0.1, 0.15) is 16.7 Å². The summed E-state index contributed by atoms with van der Waals surface area (Å²) in [5.41, 5.74) is 13.6. The number of furan rings is 2. The van der Waals surface area contributed by atoms with E-state index < -0.39 is 0 Å². The van der Waals surface area contributed by atoms with Crippen molar-refractivity contribution in [3.05, 3.63) is 200 Å². The maximum Gasteiger partial charge on any atom is 0.159 e. The van der Waals surface area contributed by atoms with Crippen molar-refractivity contribution in [1.82, 2.24) is 0 Å². The Morgan fingerprint density at radius 2 is 0.873 bits per heavy atom. The largest absolute Gasteiger partial charge is 0.456 e. The first-order valence-corrected chi connectivity index (χ1v) is 18.7. The van der Waals surface area contributed by atoms with Crippen LogP contribution in [-0.2, 0) is 0 Å². The summed E-state index contributed by atoms with van der Waals surface area (Å²) in [6.07, 6.45) is 0. The average Bonchev–Trinajstić information content (AvgIpc) is 3.83. The van der Waals surface area contributed by atoms with Gasteiger partial charge in [-0.1, -0.05) is 146 Å². The van der Waals surface area contributed by atoms with Crippen molar-refractivity contribution in [3.8, 4) is 33.4 Å². The molecule has 0 saturated carbocycles. The standard InChI is InChI=1S/C52H33NO2/c1-2-14-42-36(10-1)11-8-17-43(42)37-24-22-34(23-25-37)35-26-29-40(30-27-35)53(48-19-9-18-46-44-15-3-6-21-50(44)55-52(46)48)41-13-7-12-38(32-41)39-28-31-51-47(33-39)45-16-4-5-20-49(45)54-51/h1-33H. The summed E-state index contributed by atoms with van der Waals surface area (Å²) in [4.78, 5) is 2.31. The van der Waals surface area contributed by atoms with Crippen LogP contribution in [0.25, 0.3) is 88.0 Å². The summed E-state index contributed by atoms with van der Waals surface area (Å²) in [5, 5.41) is 6.95. The third-order valence-corrected chi connectivity index (χ3v) is 10.9. The summed E-state index contributed by atoms with van der Waals surface area (Å²) in [5.74, 6) is 0. The van der Waals surface area contributed by atoms with Gasteiger partial charge >= 0.3 is 0 Å². The number of hydrogen-bond acceptors (Lipinski definition) is 3. The molecule has 258 valence electrons. The second-order valence-corrected chi connectivity index (χ2v) is 14.1. The monoisotopic (exact) mass is 703 g/mol. The number of anilines is 3. The van der Waals surface area contributed by atoms with E-state index in [1.807, 2.05) is 24.3 Å². The minimum Gasteiger partial charge on any atom is -0.456 e. The Morgan fingerprint density at radius 1 is 0.309 bits per heavy atom. The smallest absolute Gasteiger partial charge is 0.159 e. The van der Waals surface area contributed by atoms with Gasteiger partial charge in [0.25, 0.3) is 0 Å². The van der Waals surface area contributed by atoms with Crippen molar-refractivity contribution in [2.24, 2.45) is 0 Å². The van der Waals surface area contributed by atoms with Gasteiger partial charge in [-0.05, 0) is 98.8 Å². The molecule has 11 aromatic rings. The van der Waals surface area contributed by atoms with E-state index in [1.54, 1.807) is 0 Å². The highest BCUT2D eigenvalue weighted by Gasteiger charge is 2.20. The molecule has 0 aliphatic carbocycles. The van der Waals surface area contributed by atoms with Gasteiger partial charge < -0.3 is 13.7 Å². The molecule has 0 aliphatic rings. The third-order valence-electron chi connectivity index (χ3n) is 10.9. The van der Waals surface area contributed by atoms with Gasteiger partial charge in [0, 0.05) is 32.9 Å². The molecule has 0 saturated heterocycles. The Kier molecular flexibility index (Phi) is 7.17. The van der Waals surface area contributed by atoms with Crippen LogP contribution in [0.1, 0.15) is 0 Å². The lowest BCUT2D eigenvalue weighted by molar-refractivity contribution is 0.668. The fourth-order valence-corrected chi connectivity index (χ4v) is 8.19. The molecule has 11 rings (SSSR count). The predicted molar refractivity (Wildman–Crippen MR) is 229 cm³/mol. The zero-order valence-electron chi connectivity index (χ0n) is 29.8. The van der Waals surface area contributed by atoms with Crippen LogP contribution < -0.4 is 4.90 Å². The Bertz CT molecular complexity index is 3200. The molecule has 0 amide bonds. The topological polar surface area (TPSA) is 29.5 Å². The van der Waals surface area contributed by atoms with Gasteiger partial charge in [0.05, 0.1) is 5.69 Å². The number of hydrogen-bond donors (Lipinski definition) is 0. The van der Waals surface area contributed by atoms with E-state index in [1.165, 1.54) is 27.5 Å². The average molecular weight is 704 g/mol. The van der Waals surface area contributed by atoms with E-state index in [4.69, 9.17) is 8.83 Å². The zero-order valence-corrected chi connectivity index (χ0v) is 29.8. The lowest BCUT2D eigenvalue weighted by Crippen LogP contribution is -2.10. The summed E-state index contributed by atoms with van der Waals surface area (Å²) in [6.45, 7) is 0. The summed E-state index contributed by atoms with van der Waals surface area (Å²) >= 11 is 0. The van der Waals surface area contributed by atoms with E-state index in [0.29, 0.717) is 0 Å². The Balaban J connectivity index is 1.01. The molecule has 0 spiro atoms. The fraction of sp³-hybridized carbons (Fsp3) is 0. The number of rotatable bonds is 6. The van der Waals surface area contributed by atoms with Crippen molar-refractivity contribution < 1.29 is 8.83 Å². The summed E-state index contributed by atoms with van der Waals surface area (Å²) in [7, 11) is 0. The van der Waals surface area contributed by atoms with Crippen LogP contribution in [0.5, 0.6) is 0 Å². The molecule has 0 aliphatic heterocycles. The second kappa shape index (κ2) is 12.6. The van der Waals surface area contributed by atoms with E-state index in [9.17, 15) is 0 Å². The van der Waals surface area contributed by atoms with Crippen molar-refractivity contribution in [1.29, 1.82) is 0 Å². The van der Waals surface area contributed by atoms with Gasteiger partial charge in [-0.25, -0.2) is 0 Å². The third kappa shape index (κ3) is 5.28. The molecule has 3 nitrogen and oxygen atoms in total. The molecule has 0 bridgehead atoms. The van der Waals surface area contributed by atoms with Crippen molar-refractivity contribution in [3.63, 3.8) is 0 Å². The highest BCUT2D eigenvalue weighted by Crippen LogP contribution is 2.44. The van der Waals surface area contributed by atoms with Gasteiger partial charge in [-0.15, -0.1) is 0 Å². The summed E-state index contributed by atoms with van der Waals surface area (Å²) in [6, 6.07) is 71.0. The fourth-order valence-electron chi connectivity index (χ4n) is 8.19. The van der Waals surface area contributed by atoms with Gasteiger partial charge in [-0.3, -0.25) is 0 Å². The molecule has 9 aromatic carbocycles. The maximum atomic E-state index is 6.62. The molecule has 55 heavy (non-hydrogen) atoms. The highest BCUT2D eigenvalue weighted by atomic mass is 16.3. The molecular weight excluding hydrogens is 671 g/mol. The van der Waals surface area contributed by atoms with Crippen LogP contribution in [0.4, 0.5) is 17.1 Å². The number of nitrogens with zero attached hydrogens (tertiary/aromatic N) is 1. The molecule has 0 unspecified atom stereocenters. The summed E-state index contributed by atoms with van der Waals surface area (Å²) < 4.78 is 12.8. The molecule has 0 N–H and O–H groups in total. The highest BCUT2D eigenvalue weighted by molar-refractivity contribution is 6.10. The first-order chi connectivity index (χ1) is 27.2. The quantitative estimate of drug-likeness (QED) is 0.173. The minimum absolute atomic E-state index is 0.855. The van der Waals surface area contributed by atoms with Crippen molar-refractivity contribution in [2.75, 3.05) is 4.90 Å². The van der Waals surface area contributed by atoms with Crippen LogP contribution in [0.3, 0.4) is 0 Å². The lowest BCUT2D eigenvalue weighted by atomic mass is 9.96. The molecule has 0 fully saturated rings. The van der Waals surface area contributed by atoms with Crippen LogP contribution in [0.2, 0.25) is 0 Å². The Hall–Kier alpha value is -7.36. The molecular formula is C52H33NO2. The van der Waals surface area contributed by atoms with Crippen LogP contribution in [0.15, 0.2) is 209 Å². The SMILES string of the molecule is c1cc(-c2ccc3oc4ccccc4c3c2)cc(N(c2ccc(-c3ccc(-c4cccc5ccccc45)cc3)cc2)c2cccc3c2oc2ccccc23)c1. The van der Waals surface area contributed by atoms with E-state index >= 15 is 0 Å². The van der Waals surface area contributed by atoms with Gasteiger partial charge in [0.15, 0.2) is 5.58 Å². The maximum absolute atomic E-state index is 6.62. The van der Waals surface area contributed by atoms with Crippen LogP contribution in [0, 0.1) is 0 Å². The van der Waals surface area contributed by atoms with Crippen molar-refractivity contribution in [2.45, 2.75) is 0 Å². The molecule has 0 atom stereocenters. The number of fused-ring (bicyclic) bond motifs is 7. The van der Waals surface area contributed by atoms with E-state index in [0.717, 1.165) is 77.6 Å². The predicted octanol–water partition coefficient (Wildman–Crippen LogP) is 15.1. The first kappa shape index (κ1) is 31.2. The van der Waals surface area contributed by atoms with Crippen LogP contribution >= 0.6 is 0 Å². The second-order valence-electron chi connectivity index (χ2n) is 14.1. The van der Waals surface area contributed by atoms with E-state index in [-0.39, 0.29) is 0 Å². The number of para-hydroxylation sites is 3. The van der Waals surface area contributed by atoms with E-state index in [2.05, 4.69) is 181 Å². The first-order valence-electron chi connectivity index (χ1n) is 18.7. The normalized spacial score (nSPS) is 11.6. The Morgan fingerprint density at radius 3 is 1.69 bits per heavy atom. The van der Waals surface area contributed by atoms with Gasteiger partial charge in [0.2, 0.25) is 0 Å². The minimum atomic E-state index is 0.855. The molecule has 0 radical (unpaired) electrons. The Labute approximate surface area is 317 Å².